The number of carboxylic acid groups (broad SMARTS) is 1. The van der Waals surface area contributed by atoms with Gasteiger partial charge in [-0.15, -0.1) is 0 Å². The van der Waals surface area contributed by atoms with Crippen LogP contribution in [0.4, 0.5) is 10.5 Å². The first-order valence-corrected chi connectivity index (χ1v) is 7.19. The van der Waals surface area contributed by atoms with E-state index in [1.54, 1.807) is 19.1 Å². The lowest BCUT2D eigenvalue weighted by molar-refractivity contribution is 0.0696. The van der Waals surface area contributed by atoms with Gasteiger partial charge in [0.05, 0.1) is 5.56 Å². The highest BCUT2D eigenvalue weighted by Gasteiger charge is 2.15. The van der Waals surface area contributed by atoms with Gasteiger partial charge in [-0.05, 0) is 43.0 Å². The van der Waals surface area contributed by atoms with E-state index in [0.717, 1.165) is 11.1 Å². The molecule has 0 saturated carbocycles. The van der Waals surface area contributed by atoms with Crippen molar-refractivity contribution >= 4 is 23.6 Å². The Morgan fingerprint density at radius 3 is 2.14 bits per heavy atom. The standard InChI is InChI=1S/C15H22N4O3/c1-4-9-7-11(13(20)21)8-10(5-2)12(9)18-15(22)19-14(16)17-6-3/h7-8H,4-6H2,1-3H3,(H,20,21)(H4,16,17,18,19,22). The molecule has 0 aliphatic carbocycles. The van der Waals surface area contributed by atoms with Crippen LogP contribution < -0.4 is 16.4 Å². The molecule has 5 N–H and O–H groups in total. The number of carbonyl (C=O) groups excluding carboxylic acids is 1. The van der Waals surface area contributed by atoms with Gasteiger partial charge in [0.25, 0.3) is 0 Å². The van der Waals surface area contributed by atoms with E-state index in [2.05, 4.69) is 15.6 Å². The molecule has 1 aromatic rings. The number of carbonyl (C=O) groups is 2. The number of anilines is 1. The molecular weight excluding hydrogens is 284 g/mol. The number of hydrogen-bond donors (Lipinski definition) is 4. The highest BCUT2D eigenvalue weighted by atomic mass is 16.4. The van der Waals surface area contributed by atoms with Crippen LogP contribution in [-0.2, 0) is 12.8 Å². The summed E-state index contributed by atoms with van der Waals surface area (Å²) in [5, 5.41) is 14.3. The van der Waals surface area contributed by atoms with Crippen LogP contribution in [0.1, 0.15) is 42.3 Å². The fourth-order valence-corrected chi connectivity index (χ4v) is 2.08. The largest absolute Gasteiger partial charge is 0.478 e. The quantitative estimate of drug-likeness (QED) is 0.491. The molecule has 22 heavy (non-hydrogen) atoms. The predicted octanol–water partition coefficient (Wildman–Crippen LogP) is 1.97. The van der Waals surface area contributed by atoms with E-state index in [-0.39, 0.29) is 11.5 Å². The molecule has 0 unspecified atom stereocenters. The lowest BCUT2D eigenvalue weighted by Crippen LogP contribution is -2.40. The summed E-state index contributed by atoms with van der Waals surface area (Å²) in [5.74, 6) is -0.946. The van der Waals surface area contributed by atoms with E-state index in [9.17, 15) is 9.59 Å². The maximum atomic E-state index is 12.0. The summed E-state index contributed by atoms with van der Waals surface area (Å²) in [5.41, 5.74) is 7.90. The average molecular weight is 306 g/mol. The monoisotopic (exact) mass is 306 g/mol. The molecular formula is C15H22N4O3. The second kappa shape index (κ2) is 8.02. The number of aliphatic imine (C=N–C) groups is 1. The van der Waals surface area contributed by atoms with Crippen molar-refractivity contribution in [3.8, 4) is 0 Å². The second-order valence-corrected chi connectivity index (χ2v) is 4.62. The van der Waals surface area contributed by atoms with E-state index < -0.39 is 12.0 Å². The fraction of sp³-hybridized carbons (Fsp3) is 0.400. The van der Waals surface area contributed by atoms with E-state index in [1.807, 2.05) is 13.8 Å². The summed E-state index contributed by atoms with van der Waals surface area (Å²) in [4.78, 5) is 27.0. The molecule has 2 amide bonds. The third kappa shape index (κ3) is 4.47. The number of nitrogens with one attached hydrogen (secondary N) is 2. The number of benzene rings is 1. The molecule has 0 aromatic heterocycles. The average Bonchev–Trinajstić information content (AvgIpc) is 2.46. The minimum absolute atomic E-state index is 0.0400. The number of guanidine groups is 1. The van der Waals surface area contributed by atoms with Gasteiger partial charge in [0.1, 0.15) is 0 Å². The molecule has 120 valence electrons. The van der Waals surface area contributed by atoms with Crippen molar-refractivity contribution in [1.82, 2.24) is 5.32 Å². The number of hydrogen-bond acceptors (Lipinski definition) is 3. The van der Waals surface area contributed by atoms with Crippen LogP contribution in [0.2, 0.25) is 0 Å². The van der Waals surface area contributed by atoms with Crippen molar-refractivity contribution in [3.05, 3.63) is 28.8 Å². The molecule has 0 radical (unpaired) electrons. The molecule has 0 heterocycles. The summed E-state index contributed by atoms with van der Waals surface area (Å²) >= 11 is 0. The Hall–Kier alpha value is -2.57. The SMILES string of the molecule is CCN=C(N)NC(=O)Nc1c(CC)cc(C(=O)O)cc1CC. The Balaban J connectivity index is 3.10. The van der Waals surface area contributed by atoms with E-state index in [0.29, 0.717) is 25.1 Å². The van der Waals surface area contributed by atoms with Gasteiger partial charge in [0.2, 0.25) is 0 Å². The molecule has 1 rings (SSSR count). The Labute approximate surface area is 129 Å². The van der Waals surface area contributed by atoms with Crippen LogP contribution in [0.5, 0.6) is 0 Å². The smallest absolute Gasteiger partial charge is 0.335 e. The highest BCUT2D eigenvalue weighted by Crippen LogP contribution is 2.25. The third-order valence-electron chi connectivity index (χ3n) is 3.12. The van der Waals surface area contributed by atoms with Crippen LogP contribution in [0.25, 0.3) is 0 Å². The summed E-state index contributed by atoms with van der Waals surface area (Å²) in [6, 6.07) is 2.64. The van der Waals surface area contributed by atoms with Crippen LogP contribution >= 0.6 is 0 Å². The number of amides is 2. The first-order valence-electron chi connectivity index (χ1n) is 7.19. The van der Waals surface area contributed by atoms with Gasteiger partial charge in [-0.1, -0.05) is 13.8 Å². The Bertz CT molecular complexity index is 571. The minimum atomic E-state index is -0.986. The molecule has 7 heteroatoms. The molecule has 0 fully saturated rings. The molecule has 0 atom stereocenters. The topological polar surface area (TPSA) is 117 Å². The lowest BCUT2D eigenvalue weighted by atomic mass is 9.99. The van der Waals surface area contributed by atoms with Gasteiger partial charge in [-0.3, -0.25) is 10.3 Å². The van der Waals surface area contributed by atoms with Crippen molar-refractivity contribution in [2.45, 2.75) is 33.6 Å². The number of rotatable bonds is 5. The minimum Gasteiger partial charge on any atom is -0.478 e. The van der Waals surface area contributed by atoms with Crippen LogP contribution in [0.15, 0.2) is 17.1 Å². The molecule has 7 nitrogen and oxygen atoms in total. The van der Waals surface area contributed by atoms with Gasteiger partial charge >= 0.3 is 12.0 Å². The zero-order valence-corrected chi connectivity index (χ0v) is 13.1. The lowest BCUT2D eigenvalue weighted by Gasteiger charge is -2.16. The number of carboxylic acids is 1. The van der Waals surface area contributed by atoms with E-state index in [1.165, 1.54) is 0 Å². The van der Waals surface area contributed by atoms with Crippen LogP contribution in [-0.4, -0.2) is 29.6 Å². The number of nitrogens with two attached hydrogens (primary N) is 1. The van der Waals surface area contributed by atoms with Crippen molar-refractivity contribution in [1.29, 1.82) is 0 Å². The predicted molar refractivity (Wildman–Crippen MR) is 86.5 cm³/mol. The Kier molecular flexibility index (Phi) is 6.37. The van der Waals surface area contributed by atoms with Crippen molar-refractivity contribution in [2.75, 3.05) is 11.9 Å². The maximum absolute atomic E-state index is 12.0. The van der Waals surface area contributed by atoms with Gasteiger partial charge in [-0.2, -0.15) is 0 Å². The zero-order valence-electron chi connectivity index (χ0n) is 13.1. The van der Waals surface area contributed by atoms with Crippen molar-refractivity contribution in [3.63, 3.8) is 0 Å². The first-order chi connectivity index (χ1) is 10.4. The summed E-state index contributed by atoms with van der Waals surface area (Å²) < 4.78 is 0. The van der Waals surface area contributed by atoms with Crippen molar-refractivity contribution in [2.24, 2.45) is 10.7 Å². The van der Waals surface area contributed by atoms with Crippen molar-refractivity contribution < 1.29 is 14.7 Å². The highest BCUT2D eigenvalue weighted by molar-refractivity contribution is 6.03. The molecule has 0 aliphatic heterocycles. The number of nitrogens with zero attached hydrogens (tertiary/aromatic N) is 1. The Morgan fingerprint density at radius 2 is 1.73 bits per heavy atom. The van der Waals surface area contributed by atoms with E-state index in [4.69, 9.17) is 10.8 Å². The summed E-state index contributed by atoms with van der Waals surface area (Å²) in [6.07, 6.45) is 1.20. The van der Waals surface area contributed by atoms with Gasteiger partial charge < -0.3 is 16.2 Å². The summed E-state index contributed by atoms with van der Waals surface area (Å²) in [6.45, 7) is 6.08. The van der Waals surface area contributed by atoms with Gasteiger partial charge in [0.15, 0.2) is 5.96 Å². The summed E-state index contributed by atoms with van der Waals surface area (Å²) in [7, 11) is 0. The molecule has 1 aromatic carbocycles. The fourth-order valence-electron chi connectivity index (χ4n) is 2.08. The van der Waals surface area contributed by atoms with Gasteiger partial charge in [-0.25, -0.2) is 9.59 Å². The number of aromatic carboxylic acids is 1. The van der Waals surface area contributed by atoms with Crippen LogP contribution in [0.3, 0.4) is 0 Å². The van der Waals surface area contributed by atoms with Gasteiger partial charge in [0, 0.05) is 12.2 Å². The zero-order chi connectivity index (χ0) is 16.7. The molecule has 0 spiro atoms. The maximum Gasteiger partial charge on any atom is 0.335 e. The molecule has 0 aliphatic rings. The molecule has 0 saturated heterocycles. The first kappa shape index (κ1) is 17.5. The number of aryl methyl sites for hydroxylation is 2. The van der Waals surface area contributed by atoms with E-state index >= 15 is 0 Å². The number of urea groups is 1. The molecule has 0 bridgehead atoms. The normalized spacial score (nSPS) is 11.1. The third-order valence-corrected chi connectivity index (χ3v) is 3.12. The van der Waals surface area contributed by atoms with Crippen LogP contribution in [0, 0.1) is 0 Å². The second-order valence-electron chi connectivity index (χ2n) is 4.62. The Morgan fingerprint density at radius 1 is 1.18 bits per heavy atom.